The van der Waals surface area contributed by atoms with Gasteiger partial charge >= 0.3 is 12.0 Å². The number of nitrogens with one attached hydrogen (secondary N) is 1. The Morgan fingerprint density at radius 1 is 1.30 bits per heavy atom. The van der Waals surface area contributed by atoms with Crippen LogP contribution < -0.4 is 5.32 Å². The van der Waals surface area contributed by atoms with E-state index in [0.717, 1.165) is 35.3 Å². The molecule has 9 heteroatoms. The van der Waals surface area contributed by atoms with Crippen LogP contribution in [0.15, 0.2) is 28.8 Å². The summed E-state index contributed by atoms with van der Waals surface area (Å²) in [4.78, 5) is 42.6. The van der Waals surface area contributed by atoms with Crippen LogP contribution in [0, 0.1) is 12.8 Å². The van der Waals surface area contributed by atoms with E-state index < -0.39 is 24.1 Å². The second kappa shape index (κ2) is 7.89. The van der Waals surface area contributed by atoms with Gasteiger partial charge in [-0.3, -0.25) is 14.5 Å². The monoisotopic (exact) mass is 412 g/mol. The van der Waals surface area contributed by atoms with Crippen molar-refractivity contribution >= 4 is 17.9 Å². The van der Waals surface area contributed by atoms with E-state index in [-0.39, 0.29) is 24.3 Å². The number of ether oxygens (including phenoxy) is 1. The fourth-order valence-corrected chi connectivity index (χ4v) is 4.08. The Kier molecular flexibility index (Phi) is 5.27. The van der Waals surface area contributed by atoms with Gasteiger partial charge in [0, 0.05) is 5.56 Å². The van der Waals surface area contributed by atoms with E-state index >= 15 is 0 Å². The highest BCUT2D eigenvalue weighted by Crippen LogP contribution is 2.38. The van der Waals surface area contributed by atoms with Crippen molar-refractivity contribution in [2.45, 2.75) is 51.7 Å². The number of rotatable bonds is 5. The summed E-state index contributed by atoms with van der Waals surface area (Å²) >= 11 is 0. The van der Waals surface area contributed by atoms with Gasteiger partial charge in [0.2, 0.25) is 5.82 Å². The zero-order valence-corrected chi connectivity index (χ0v) is 17.0. The number of aromatic nitrogens is 2. The Hall–Kier alpha value is -3.23. The van der Waals surface area contributed by atoms with Gasteiger partial charge < -0.3 is 14.6 Å². The van der Waals surface area contributed by atoms with Crippen molar-refractivity contribution in [1.29, 1.82) is 0 Å². The van der Waals surface area contributed by atoms with Crippen LogP contribution in [0.25, 0.3) is 11.5 Å². The third-order valence-electron chi connectivity index (χ3n) is 5.92. The minimum atomic E-state index is -0.897. The maximum absolute atomic E-state index is 12.9. The molecule has 2 unspecified atom stereocenters. The SMILES string of the molecule is Cc1ccc(-c2nc(COC(=O)CN3C(=O)NC4(CCCCC4C)C3=O)no2)cc1. The second-order valence-electron chi connectivity index (χ2n) is 7.98. The first-order valence-corrected chi connectivity index (χ1v) is 10.1. The van der Waals surface area contributed by atoms with Crippen molar-refractivity contribution < 1.29 is 23.6 Å². The number of nitrogens with zero attached hydrogens (tertiary/aromatic N) is 3. The maximum Gasteiger partial charge on any atom is 0.326 e. The fourth-order valence-electron chi connectivity index (χ4n) is 4.08. The van der Waals surface area contributed by atoms with Crippen molar-refractivity contribution in [2.24, 2.45) is 5.92 Å². The molecule has 3 amide bonds. The van der Waals surface area contributed by atoms with E-state index in [2.05, 4.69) is 15.5 Å². The molecule has 0 radical (unpaired) electrons. The lowest BCUT2D eigenvalue weighted by molar-refractivity contribution is -0.149. The van der Waals surface area contributed by atoms with Crippen molar-refractivity contribution in [3.05, 3.63) is 35.7 Å². The molecule has 2 fully saturated rings. The van der Waals surface area contributed by atoms with Gasteiger partial charge in [0.05, 0.1) is 0 Å². The lowest BCUT2D eigenvalue weighted by Crippen LogP contribution is -2.54. The largest absolute Gasteiger partial charge is 0.456 e. The summed E-state index contributed by atoms with van der Waals surface area (Å²) in [5.41, 5.74) is 0.973. The Bertz CT molecular complexity index is 970. The van der Waals surface area contributed by atoms with Gasteiger partial charge in [-0.25, -0.2) is 4.79 Å². The minimum Gasteiger partial charge on any atom is -0.456 e. The van der Waals surface area contributed by atoms with Gasteiger partial charge in [-0.15, -0.1) is 0 Å². The summed E-state index contributed by atoms with van der Waals surface area (Å²) in [7, 11) is 0. The van der Waals surface area contributed by atoms with Crippen LogP contribution in [0.2, 0.25) is 0 Å². The number of carbonyl (C=O) groups excluding carboxylic acids is 3. The summed E-state index contributed by atoms with van der Waals surface area (Å²) in [6.45, 7) is 3.28. The van der Waals surface area contributed by atoms with Crippen molar-refractivity contribution in [3.63, 3.8) is 0 Å². The molecule has 1 aliphatic carbocycles. The predicted molar refractivity (Wildman–Crippen MR) is 105 cm³/mol. The zero-order chi connectivity index (χ0) is 21.3. The second-order valence-corrected chi connectivity index (χ2v) is 7.98. The minimum absolute atomic E-state index is 0.0308. The first-order chi connectivity index (χ1) is 14.4. The molecule has 158 valence electrons. The number of imide groups is 1. The van der Waals surface area contributed by atoms with Crippen LogP contribution in [0.5, 0.6) is 0 Å². The molecule has 1 saturated heterocycles. The molecular weight excluding hydrogens is 388 g/mol. The van der Waals surface area contributed by atoms with Crippen LogP contribution in [-0.2, 0) is 20.9 Å². The maximum atomic E-state index is 12.9. The van der Waals surface area contributed by atoms with Crippen molar-refractivity contribution in [2.75, 3.05) is 6.54 Å². The lowest BCUT2D eigenvalue weighted by atomic mass is 9.73. The molecule has 1 saturated carbocycles. The Labute approximate surface area is 173 Å². The van der Waals surface area contributed by atoms with Gasteiger partial charge in [-0.2, -0.15) is 4.98 Å². The molecule has 0 bridgehead atoms. The number of amides is 3. The fraction of sp³-hybridized carbons (Fsp3) is 0.476. The molecule has 2 aromatic rings. The van der Waals surface area contributed by atoms with E-state index in [4.69, 9.17) is 9.26 Å². The van der Waals surface area contributed by atoms with E-state index in [0.29, 0.717) is 12.3 Å². The molecule has 9 nitrogen and oxygen atoms in total. The summed E-state index contributed by atoms with van der Waals surface area (Å²) < 4.78 is 10.4. The highest BCUT2D eigenvalue weighted by molar-refractivity contribution is 6.08. The van der Waals surface area contributed by atoms with E-state index in [1.165, 1.54) is 0 Å². The first-order valence-electron chi connectivity index (χ1n) is 10.1. The Morgan fingerprint density at radius 2 is 2.07 bits per heavy atom. The number of hydrogen-bond acceptors (Lipinski definition) is 7. The van der Waals surface area contributed by atoms with Crippen LogP contribution in [0.3, 0.4) is 0 Å². The summed E-state index contributed by atoms with van der Waals surface area (Å²) in [5.74, 6) is -0.501. The van der Waals surface area contributed by atoms with Gasteiger partial charge in [-0.1, -0.05) is 42.6 Å². The smallest absolute Gasteiger partial charge is 0.326 e. The highest BCUT2D eigenvalue weighted by atomic mass is 16.5. The number of hydrogen-bond donors (Lipinski definition) is 1. The van der Waals surface area contributed by atoms with Gasteiger partial charge in [0.1, 0.15) is 12.1 Å². The van der Waals surface area contributed by atoms with Crippen LogP contribution in [0.1, 0.15) is 44.0 Å². The van der Waals surface area contributed by atoms with Crippen molar-refractivity contribution in [3.8, 4) is 11.5 Å². The molecule has 1 N–H and O–H groups in total. The van der Waals surface area contributed by atoms with Gasteiger partial charge in [0.15, 0.2) is 6.61 Å². The number of esters is 1. The van der Waals surface area contributed by atoms with E-state index in [9.17, 15) is 14.4 Å². The molecule has 2 heterocycles. The molecular formula is C21H24N4O5. The molecule has 30 heavy (non-hydrogen) atoms. The number of urea groups is 1. The molecule has 2 aliphatic rings. The number of carbonyl (C=O) groups is 3. The number of aryl methyl sites for hydroxylation is 1. The van der Waals surface area contributed by atoms with Crippen molar-refractivity contribution in [1.82, 2.24) is 20.4 Å². The quantitative estimate of drug-likeness (QED) is 0.593. The first kappa shape index (κ1) is 20.1. The predicted octanol–water partition coefficient (Wildman–Crippen LogP) is 2.59. The van der Waals surface area contributed by atoms with E-state index in [1.807, 2.05) is 38.1 Å². The van der Waals surface area contributed by atoms with Crippen LogP contribution in [-0.4, -0.2) is 45.0 Å². The number of benzene rings is 1. The van der Waals surface area contributed by atoms with Gasteiger partial charge in [0.25, 0.3) is 11.8 Å². The third kappa shape index (κ3) is 3.67. The van der Waals surface area contributed by atoms with Crippen LogP contribution in [0.4, 0.5) is 4.79 Å². The normalized spacial score (nSPS) is 23.7. The zero-order valence-electron chi connectivity index (χ0n) is 17.0. The summed E-state index contributed by atoms with van der Waals surface area (Å²) in [6, 6.07) is 7.03. The summed E-state index contributed by atoms with van der Waals surface area (Å²) in [6.07, 6.45) is 3.36. The van der Waals surface area contributed by atoms with Crippen LogP contribution >= 0.6 is 0 Å². The molecule has 1 aromatic carbocycles. The highest BCUT2D eigenvalue weighted by Gasteiger charge is 2.55. The Morgan fingerprint density at radius 3 is 2.80 bits per heavy atom. The summed E-state index contributed by atoms with van der Waals surface area (Å²) in [5, 5.41) is 6.62. The standard InChI is InChI=1S/C21H24N4O5/c1-13-6-8-15(9-7-13)18-22-16(24-30-18)12-29-17(26)11-25-19(27)21(23-20(25)28)10-4-3-5-14(21)2/h6-9,14H,3-5,10-12H2,1-2H3,(H,23,28). The molecule has 1 spiro atoms. The molecule has 1 aromatic heterocycles. The molecule has 2 atom stereocenters. The topological polar surface area (TPSA) is 115 Å². The Balaban J connectivity index is 1.35. The molecule has 1 aliphatic heterocycles. The average molecular weight is 412 g/mol. The van der Waals surface area contributed by atoms with E-state index in [1.54, 1.807) is 0 Å². The average Bonchev–Trinajstić information content (AvgIpc) is 3.29. The lowest BCUT2D eigenvalue weighted by Gasteiger charge is -2.36. The van der Waals surface area contributed by atoms with Gasteiger partial charge in [-0.05, 0) is 37.8 Å². The third-order valence-corrected chi connectivity index (χ3v) is 5.92. The molecule has 4 rings (SSSR count).